The second kappa shape index (κ2) is 5.27. The van der Waals surface area contributed by atoms with Gasteiger partial charge in [-0.3, -0.25) is 4.79 Å². The molecule has 0 N–H and O–H groups in total. The molecule has 0 heterocycles. The Morgan fingerprint density at radius 2 is 1.81 bits per heavy atom. The molecule has 0 fully saturated rings. The first-order valence-corrected chi connectivity index (χ1v) is 4.96. The summed E-state index contributed by atoms with van der Waals surface area (Å²) >= 11 is 11.4. The number of Topliss-reactive ketones (excluding diaryl/α,β-unsaturated/α-hetero) is 1. The summed E-state index contributed by atoms with van der Waals surface area (Å²) in [6.07, 6.45) is -0.315. The number of hydrogen-bond acceptors (Lipinski definition) is 3. The van der Waals surface area contributed by atoms with Crippen LogP contribution in [0.1, 0.15) is 5.56 Å². The van der Waals surface area contributed by atoms with Crippen LogP contribution in [0, 0.1) is 5.82 Å². The van der Waals surface area contributed by atoms with Gasteiger partial charge in [-0.05, 0) is 17.7 Å². The van der Waals surface area contributed by atoms with Crippen molar-refractivity contribution in [3.05, 3.63) is 33.6 Å². The number of halogens is 3. The van der Waals surface area contributed by atoms with Crippen LogP contribution in [-0.4, -0.2) is 18.9 Å². The van der Waals surface area contributed by atoms with E-state index in [1.54, 1.807) is 0 Å². The first kappa shape index (κ1) is 12.9. The van der Waals surface area contributed by atoms with E-state index in [0.717, 1.165) is 19.2 Å². The fourth-order valence-electron chi connectivity index (χ4n) is 1.09. The van der Waals surface area contributed by atoms with Gasteiger partial charge in [0.2, 0.25) is 5.78 Å². The topological polar surface area (TPSA) is 43.4 Å². The molecule has 0 saturated carbocycles. The molecule has 1 aromatic carbocycles. The van der Waals surface area contributed by atoms with Crippen molar-refractivity contribution < 1.29 is 18.7 Å². The zero-order valence-electron chi connectivity index (χ0n) is 8.22. The van der Waals surface area contributed by atoms with Crippen molar-refractivity contribution in [2.24, 2.45) is 0 Å². The molecule has 0 unspecified atom stereocenters. The fourth-order valence-corrected chi connectivity index (χ4v) is 1.68. The molecule has 0 saturated heterocycles. The summed E-state index contributed by atoms with van der Waals surface area (Å²) < 4.78 is 17.1. The Morgan fingerprint density at radius 3 is 2.25 bits per heavy atom. The van der Waals surface area contributed by atoms with Gasteiger partial charge in [0.05, 0.1) is 7.11 Å². The highest BCUT2D eigenvalue weighted by atomic mass is 35.5. The lowest BCUT2D eigenvalue weighted by Gasteiger charge is -2.05. The molecule has 0 atom stereocenters. The van der Waals surface area contributed by atoms with Crippen LogP contribution in [0.4, 0.5) is 4.39 Å². The first-order valence-electron chi connectivity index (χ1n) is 4.20. The number of ether oxygens (including phenoxy) is 1. The molecule has 0 aliphatic carbocycles. The quantitative estimate of drug-likeness (QED) is 0.622. The van der Waals surface area contributed by atoms with Crippen LogP contribution in [0.25, 0.3) is 0 Å². The SMILES string of the molecule is COC(=O)C(=O)Cc1c(Cl)cc(F)cc1Cl. The van der Waals surface area contributed by atoms with E-state index < -0.39 is 17.6 Å². The number of methoxy groups -OCH3 is 1. The molecule has 16 heavy (non-hydrogen) atoms. The zero-order valence-corrected chi connectivity index (χ0v) is 9.73. The third kappa shape index (κ3) is 2.93. The van der Waals surface area contributed by atoms with Crippen molar-refractivity contribution in [1.29, 1.82) is 0 Å². The number of ketones is 1. The van der Waals surface area contributed by atoms with Gasteiger partial charge in [0.25, 0.3) is 0 Å². The van der Waals surface area contributed by atoms with Gasteiger partial charge in [-0.2, -0.15) is 0 Å². The molecule has 1 rings (SSSR count). The number of benzene rings is 1. The summed E-state index contributed by atoms with van der Waals surface area (Å²) in [7, 11) is 1.09. The largest absolute Gasteiger partial charge is 0.463 e. The number of carbonyl (C=O) groups excluding carboxylic acids is 2. The average Bonchev–Trinajstić information content (AvgIpc) is 2.21. The Hall–Kier alpha value is -1.13. The van der Waals surface area contributed by atoms with Crippen LogP contribution in [0.2, 0.25) is 10.0 Å². The lowest BCUT2D eigenvalue weighted by atomic mass is 10.1. The third-order valence-corrected chi connectivity index (χ3v) is 2.53. The van der Waals surface area contributed by atoms with Crippen LogP contribution in [0.5, 0.6) is 0 Å². The van der Waals surface area contributed by atoms with E-state index in [9.17, 15) is 14.0 Å². The molecule has 6 heteroatoms. The summed E-state index contributed by atoms with van der Waals surface area (Å²) in [5.41, 5.74) is 0.208. The summed E-state index contributed by atoms with van der Waals surface area (Å²) in [4.78, 5) is 22.1. The van der Waals surface area contributed by atoms with Gasteiger partial charge in [-0.25, -0.2) is 9.18 Å². The molecular formula is C10H7Cl2FO3. The fraction of sp³-hybridized carbons (Fsp3) is 0.200. The van der Waals surface area contributed by atoms with E-state index in [0.29, 0.717) is 0 Å². The van der Waals surface area contributed by atoms with Crippen LogP contribution >= 0.6 is 23.2 Å². The Morgan fingerprint density at radius 1 is 1.31 bits per heavy atom. The van der Waals surface area contributed by atoms with Gasteiger partial charge in [0.1, 0.15) is 5.82 Å². The van der Waals surface area contributed by atoms with Gasteiger partial charge in [-0.1, -0.05) is 23.2 Å². The first-order chi connectivity index (χ1) is 7.45. The molecule has 0 bridgehead atoms. The monoisotopic (exact) mass is 264 g/mol. The second-order valence-electron chi connectivity index (χ2n) is 2.94. The highest BCUT2D eigenvalue weighted by Crippen LogP contribution is 2.26. The Bertz CT molecular complexity index is 423. The highest BCUT2D eigenvalue weighted by Gasteiger charge is 2.18. The third-order valence-electron chi connectivity index (χ3n) is 1.86. The molecule has 0 aromatic heterocycles. The summed E-state index contributed by atoms with van der Waals surface area (Å²) in [6, 6.07) is 2.04. The summed E-state index contributed by atoms with van der Waals surface area (Å²) in [6.45, 7) is 0. The molecule has 1 aromatic rings. The predicted octanol–water partition coefficient (Wildman–Crippen LogP) is 2.42. The van der Waals surface area contributed by atoms with Crippen LogP contribution in [0.15, 0.2) is 12.1 Å². The maximum absolute atomic E-state index is 12.8. The number of rotatable bonds is 3. The summed E-state index contributed by atoms with van der Waals surface area (Å²) in [5.74, 6) is -2.39. The van der Waals surface area contributed by atoms with E-state index in [1.165, 1.54) is 0 Å². The lowest BCUT2D eigenvalue weighted by molar-refractivity contribution is -0.151. The molecule has 0 aliphatic rings. The van der Waals surface area contributed by atoms with Crippen molar-refractivity contribution in [2.45, 2.75) is 6.42 Å². The normalized spacial score (nSPS) is 10.0. The smallest absolute Gasteiger partial charge is 0.374 e. The van der Waals surface area contributed by atoms with Crippen molar-refractivity contribution in [3.8, 4) is 0 Å². The molecule has 86 valence electrons. The maximum Gasteiger partial charge on any atom is 0.374 e. The Labute approximate surface area is 101 Å². The Kier molecular flexibility index (Phi) is 4.26. The molecule has 0 spiro atoms. The van der Waals surface area contributed by atoms with Crippen molar-refractivity contribution in [1.82, 2.24) is 0 Å². The van der Waals surface area contributed by atoms with Crippen LogP contribution in [-0.2, 0) is 20.7 Å². The number of esters is 1. The van der Waals surface area contributed by atoms with Crippen molar-refractivity contribution in [3.63, 3.8) is 0 Å². The van der Waals surface area contributed by atoms with E-state index in [1.807, 2.05) is 0 Å². The van der Waals surface area contributed by atoms with Gasteiger partial charge >= 0.3 is 5.97 Å². The van der Waals surface area contributed by atoms with E-state index >= 15 is 0 Å². The lowest BCUT2D eigenvalue weighted by Crippen LogP contribution is -2.18. The second-order valence-corrected chi connectivity index (χ2v) is 3.75. The zero-order chi connectivity index (χ0) is 12.3. The minimum Gasteiger partial charge on any atom is -0.463 e. The van der Waals surface area contributed by atoms with Crippen molar-refractivity contribution >= 4 is 35.0 Å². The standard InChI is InChI=1S/C10H7Cl2FO3/c1-16-10(15)9(14)4-6-7(11)2-5(13)3-8(6)12/h2-3H,4H2,1H3. The van der Waals surface area contributed by atoms with E-state index in [-0.39, 0.29) is 22.0 Å². The summed E-state index contributed by atoms with van der Waals surface area (Å²) in [5, 5.41) is 0.00417. The average molecular weight is 265 g/mol. The Balaban J connectivity index is 2.98. The number of hydrogen-bond donors (Lipinski definition) is 0. The molecule has 3 nitrogen and oxygen atoms in total. The van der Waals surface area contributed by atoms with Gasteiger partial charge < -0.3 is 4.74 Å². The predicted molar refractivity (Wildman–Crippen MR) is 57.1 cm³/mol. The van der Waals surface area contributed by atoms with Gasteiger partial charge in [0, 0.05) is 16.5 Å². The highest BCUT2D eigenvalue weighted by molar-refractivity contribution is 6.38. The molecule has 0 amide bonds. The minimum absolute atomic E-state index is 0.00209. The molecule has 0 aliphatic heterocycles. The minimum atomic E-state index is -0.989. The van der Waals surface area contributed by atoms with Crippen LogP contribution < -0.4 is 0 Å². The van der Waals surface area contributed by atoms with E-state index in [4.69, 9.17) is 23.2 Å². The van der Waals surface area contributed by atoms with Gasteiger partial charge in [0.15, 0.2) is 0 Å². The molecule has 0 radical (unpaired) electrons. The van der Waals surface area contributed by atoms with E-state index in [2.05, 4.69) is 4.74 Å². The van der Waals surface area contributed by atoms with Crippen LogP contribution in [0.3, 0.4) is 0 Å². The molecular weight excluding hydrogens is 258 g/mol. The van der Waals surface area contributed by atoms with Crippen molar-refractivity contribution in [2.75, 3.05) is 7.11 Å². The maximum atomic E-state index is 12.8. The van der Waals surface area contributed by atoms with Gasteiger partial charge in [-0.15, -0.1) is 0 Å². The number of carbonyl (C=O) groups is 2.